The van der Waals surface area contributed by atoms with E-state index in [0.29, 0.717) is 18.0 Å². The van der Waals surface area contributed by atoms with Gasteiger partial charge in [0.15, 0.2) is 0 Å². The molecule has 5 heteroatoms. The second-order valence-electron chi connectivity index (χ2n) is 3.33. The molecule has 1 aromatic carbocycles. The second kappa shape index (κ2) is 6.50. The van der Waals surface area contributed by atoms with Gasteiger partial charge in [-0.05, 0) is 24.6 Å². The zero-order valence-corrected chi connectivity index (χ0v) is 10.7. The first-order chi connectivity index (χ1) is 7.63. The van der Waals surface area contributed by atoms with Gasteiger partial charge in [-0.15, -0.1) is 0 Å². The first-order valence-corrected chi connectivity index (χ1v) is 5.85. The maximum atomic E-state index is 11.4. The van der Waals surface area contributed by atoms with Gasteiger partial charge in [0.05, 0.1) is 11.4 Å². The van der Waals surface area contributed by atoms with Crippen molar-refractivity contribution in [3.05, 3.63) is 22.7 Å². The summed E-state index contributed by atoms with van der Waals surface area (Å²) in [7, 11) is 0. The number of ether oxygens (including phenoxy) is 1. The van der Waals surface area contributed by atoms with E-state index in [1.807, 2.05) is 13.0 Å². The van der Waals surface area contributed by atoms with E-state index >= 15 is 0 Å². The monoisotopic (exact) mass is 286 g/mol. The molecule has 0 saturated heterocycles. The molecule has 0 fully saturated rings. The van der Waals surface area contributed by atoms with Crippen molar-refractivity contribution in [2.75, 3.05) is 24.3 Å². The summed E-state index contributed by atoms with van der Waals surface area (Å²) in [6, 6.07) is 5.30. The van der Waals surface area contributed by atoms with Crippen LogP contribution in [0.2, 0.25) is 0 Å². The smallest absolute Gasteiger partial charge is 0.250 e. The Kier molecular flexibility index (Phi) is 5.28. The fourth-order valence-corrected chi connectivity index (χ4v) is 1.52. The largest absolute Gasteiger partial charge is 0.397 e. The van der Waals surface area contributed by atoms with Gasteiger partial charge in [0.1, 0.15) is 6.61 Å². The van der Waals surface area contributed by atoms with Crippen molar-refractivity contribution >= 4 is 33.2 Å². The van der Waals surface area contributed by atoms with Crippen molar-refractivity contribution in [1.29, 1.82) is 0 Å². The molecule has 0 atom stereocenters. The Morgan fingerprint density at radius 1 is 1.56 bits per heavy atom. The molecule has 1 aromatic rings. The van der Waals surface area contributed by atoms with E-state index in [1.54, 1.807) is 12.1 Å². The summed E-state index contributed by atoms with van der Waals surface area (Å²) in [5.41, 5.74) is 6.87. The van der Waals surface area contributed by atoms with Crippen molar-refractivity contribution in [1.82, 2.24) is 0 Å². The number of halogens is 1. The summed E-state index contributed by atoms with van der Waals surface area (Å²) in [4.78, 5) is 11.4. The summed E-state index contributed by atoms with van der Waals surface area (Å²) in [6.07, 6.45) is 0.897. The van der Waals surface area contributed by atoms with Crippen molar-refractivity contribution < 1.29 is 9.53 Å². The lowest BCUT2D eigenvalue weighted by molar-refractivity contribution is -0.120. The van der Waals surface area contributed by atoms with Crippen LogP contribution in [0.25, 0.3) is 0 Å². The van der Waals surface area contributed by atoms with Crippen LogP contribution in [0.1, 0.15) is 13.3 Å². The Hall–Kier alpha value is -1.07. The molecule has 0 radical (unpaired) electrons. The minimum absolute atomic E-state index is 0.0589. The van der Waals surface area contributed by atoms with Gasteiger partial charge in [-0.1, -0.05) is 22.9 Å². The topological polar surface area (TPSA) is 64.3 Å². The van der Waals surface area contributed by atoms with Crippen LogP contribution in [-0.4, -0.2) is 19.1 Å². The number of hydrogen-bond donors (Lipinski definition) is 2. The van der Waals surface area contributed by atoms with Gasteiger partial charge in [-0.2, -0.15) is 0 Å². The molecule has 1 rings (SSSR count). The number of nitrogen functional groups attached to an aromatic ring is 1. The molecule has 0 aliphatic rings. The fourth-order valence-electron chi connectivity index (χ4n) is 1.14. The van der Waals surface area contributed by atoms with E-state index in [0.717, 1.165) is 10.9 Å². The SMILES string of the molecule is CCCOCC(=O)Nc1ccc(Br)cc1N. The van der Waals surface area contributed by atoms with Gasteiger partial charge in [0.25, 0.3) is 0 Å². The van der Waals surface area contributed by atoms with Gasteiger partial charge >= 0.3 is 0 Å². The minimum Gasteiger partial charge on any atom is -0.397 e. The molecule has 3 N–H and O–H groups in total. The van der Waals surface area contributed by atoms with Crippen LogP contribution in [0.5, 0.6) is 0 Å². The molecule has 0 saturated carbocycles. The summed E-state index contributed by atoms with van der Waals surface area (Å²) in [5.74, 6) is -0.192. The number of rotatable bonds is 5. The predicted molar refractivity (Wildman–Crippen MR) is 68.3 cm³/mol. The van der Waals surface area contributed by atoms with Gasteiger partial charge in [0.2, 0.25) is 5.91 Å². The first kappa shape index (κ1) is 13.0. The minimum atomic E-state index is -0.192. The van der Waals surface area contributed by atoms with E-state index in [9.17, 15) is 4.79 Å². The molecule has 0 aliphatic carbocycles. The van der Waals surface area contributed by atoms with Crippen molar-refractivity contribution in [2.45, 2.75) is 13.3 Å². The Labute approximate surface area is 103 Å². The molecule has 88 valence electrons. The maximum absolute atomic E-state index is 11.4. The molecule has 4 nitrogen and oxygen atoms in total. The molecular formula is C11H15BrN2O2. The van der Waals surface area contributed by atoms with Gasteiger partial charge < -0.3 is 15.8 Å². The zero-order valence-electron chi connectivity index (χ0n) is 9.13. The lowest BCUT2D eigenvalue weighted by Gasteiger charge is -2.08. The number of amides is 1. The summed E-state index contributed by atoms with van der Waals surface area (Å²) in [5, 5.41) is 2.69. The third-order valence-electron chi connectivity index (χ3n) is 1.87. The van der Waals surface area contributed by atoms with E-state index in [2.05, 4.69) is 21.2 Å². The molecule has 1 amide bonds. The number of anilines is 2. The van der Waals surface area contributed by atoms with Gasteiger partial charge in [-0.3, -0.25) is 4.79 Å². The Morgan fingerprint density at radius 3 is 2.94 bits per heavy atom. The molecule has 0 aliphatic heterocycles. The van der Waals surface area contributed by atoms with Crippen LogP contribution in [0.4, 0.5) is 11.4 Å². The van der Waals surface area contributed by atoms with Crippen LogP contribution in [0.15, 0.2) is 22.7 Å². The number of hydrogen-bond acceptors (Lipinski definition) is 3. The second-order valence-corrected chi connectivity index (χ2v) is 4.25. The lowest BCUT2D eigenvalue weighted by atomic mass is 10.2. The van der Waals surface area contributed by atoms with E-state index in [1.165, 1.54) is 0 Å². The van der Waals surface area contributed by atoms with Gasteiger partial charge in [-0.25, -0.2) is 0 Å². The number of nitrogens with one attached hydrogen (secondary N) is 1. The van der Waals surface area contributed by atoms with E-state index in [-0.39, 0.29) is 12.5 Å². The Bertz CT molecular complexity index is 369. The molecule has 0 heterocycles. The van der Waals surface area contributed by atoms with Crippen molar-refractivity contribution in [3.8, 4) is 0 Å². The highest BCUT2D eigenvalue weighted by Gasteiger charge is 2.05. The molecular weight excluding hydrogens is 272 g/mol. The van der Waals surface area contributed by atoms with Crippen molar-refractivity contribution in [3.63, 3.8) is 0 Å². The highest BCUT2D eigenvalue weighted by Crippen LogP contribution is 2.22. The average Bonchev–Trinajstić information content (AvgIpc) is 2.23. The van der Waals surface area contributed by atoms with E-state index in [4.69, 9.17) is 10.5 Å². The molecule has 0 bridgehead atoms. The summed E-state index contributed by atoms with van der Waals surface area (Å²) >= 11 is 3.30. The number of carbonyl (C=O) groups is 1. The molecule has 0 unspecified atom stereocenters. The van der Waals surface area contributed by atoms with Crippen LogP contribution in [0.3, 0.4) is 0 Å². The zero-order chi connectivity index (χ0) is 12.0. The molecule has 0 aromatic heterocycles. The third-order valence-corrected chi connectivity index (χ3v) is 2.36. The van der Waals surface area contributed by atoms with Crippen LogP contribution in [-0.2, 0) is 9.53 Å². The average molecular weight is 287 g/mol. The number of nitrogens with two attached hydrogens (primary N) is 1. The van der Waals surface area contributed by atoms with Crippen LogP contribution >= 0.6 is 15.9 Å². The van der Waals surface area contributed by atoms with Crippen LogP contribution in [0, 0.1) is 0 Å². The van der Waals surface area contributed by atoms with Gasteiger partial charge in [0, 0.05) is 11.1 Å². The lowest BCUT2D eigenvalue weighted by Crippen LogP contribution is -2.19. The number of benzene rings is 1. The molecule has 16 heavy (non-hydrogen) atoms. The standard InChI is InChI=1S/C11H15BrN2O2/c1-2-5-16-7-11(15)14-10-4-3-8(12)6-9(10)13/h3-4,6H,2,5,7,13H2,1H3,(H,14,15). The third kappa shape index (κ3) is 4.20. The quantitative estimate of drug-likeness (QED) is 0.645. The first-order valence-electron chi connectivity index (χ1n) is 5.06. The summed E-state index contributed by atoms with van der Waals surface area (Å²) in [6.45, 7) is 2.64. The van der Waals surface area contributed by atoms with Crippen LogP contribution < -0.4 is 11.1 Å². The predicted octanol–water partition coefficient (Wildman–Crippen LogP) is 2.40. The normalized spacial score (nSPS) is 10.1. The Morgan fingerprint density at radius 2 is 2.31 bits per heavy atom. The number of carbonyl (C=O) groups excluding carboxylic acids is 1. The molecule has 0 spiro atoms. The highest BCUT2D eigenvalue weighted by molar-refractivity contribution is 9.10. The van der Waals surface area contributed by atoms with E-state index < -0.39 is 0 Å². The van der Waals surface area contributed by atoms with Crippen molar-refractivity contribution in [2.24, 2.45) is 0 Å². The maximum Gasteiger partial charge on any atom is 0.250 e. The summed E-state index contributed by atoms with van der Waals surface area (Å²) < 4.78 is 6.00. The fraction of sp³-hybridized carbons (Fsp3) is 0.364. The Balaban J connectivity index is 2.49. The highest BCUT2D eigenvalue weighted by atomic mass is 79.9.